The van der Waals surface area contributed by atoms with Crippen LogP contribution in [0.1, 0.15) is 32.1 Å². The molecule has 26 heavy (non-hydrogen) atoms. The highest BCUT2D eigenvalue weighted by Crippen LogP contribution is 2.28. The molecule has 0 bridgehead atoms. The summed E-state index contributed by atoms with van der Waals surface area (Å²) in [4.78, 5) is -0.289. The molecular weight excluding hydrogens is 380 g/mol. The Morgan fingerprint density at radius 1 is 0.962 bits per heavy atom. The number of phenols is 1. The van der Waals surface area contributed by atoms with E-state index in [-0.39, 0.29) is 15.5 Å². The fraction of sp³-hybridized carbons (Fsp3) is 0.375. The minimum Gasteiger partial charge on any atom is -0.593 e. The topological polar surface area (TPSA) is 128 Å². The second kappa shape index (κ2) is 6.84. The van der Waals surface area contributed by atoms with Crippen LogP contribution in [0.15, 0.2) is 51.3 Å². The molecule has 1 N–H and O–H groups in total. The molecule has 8 nitrogen and oxygen atoms in total. The molecule has 0 spiro atoms. The molecule has 0 unspecified atom stereocenters. The number of rotatable bonds is 4. The number of nitrogens with zero attached hydrogens (tertiary/aromatic N) is 2. The van der Waals surface area contributed by atoms with Crippen molar-refractivity contribution in [2.45, 2.75) is 52.3 Å². The normalized spacial score (nSPS) is 16.5. The van der Waals surface area contributed by atoms with Crippen molar-refractivity contribution >= 4 is 19.7 Å². The number of sulfone groups is 2. The Bertz CT molecular complexity index is 1010. The third kappa shape index (κ3) is 3.38. The second-order valence-corrected chi connectivity index (χ2v) is 10.3. The van der Waals surface area contributed by atoms with E-state index >= 15 is 0 Å². The van der Waals surface area contributed by atoms with Crippen molar-refractivity contribution < 1.29 is 26.8 Å². The highest BCUT2D eigenvalue weighted by molar-refractivity contribution is 7.92. The Morgan fingerprint density at radius 3 is 2.15 bits per heavy atom. The first-order valence-electron chi connectivity index (χ1n) is 8.12. The van der Waals surface area contributed by atoms with E-state index in [1.165, 1.54) is 24.3 Å². The number of phenolic OH excluding ortho intramolecular Hbond substituents is 1. The Kier molecular flexibility index (Phi) is 4.89. The lowest BCUT2D eigenvalue weighted by Crippen LogP contribution is -2.42. The van der Waals surface area contributed by atoms with E-state index in [9.17, 15) is 27.1 Å². The zero-order valence-electron chi connectivity index (χ0n) is 13.8. The van der Waals surface area contributed by atoms with Crippen molar-refractivity contribution in [1.82, 2.24) is 5.10 Å². The van der Waals surface area contributed by atoms with E-state index in [0.29, 0.717) is 12.8 Å². The molecule has 1 fully saturated rings. The van der Waals surface area contributed by atoms with Crippen LogP contribution in [0.25, 0.3) is 0 Å². The van der Waals surface area contributed by atoms with E-state index < -0.39 is 35.0 Å². The molecule has 2 aromatic rings. The first-order valence-corrected chi connectivity index (χ1v) is 11.1. The summed E-state index contributed by atoms with van der Waals surface area (Å²) in [6.07, 6.45) is 3.49. The first-order chi connectivity index (χ1) is 12.2. The summed E-state index contributed by atoms with van der Waals surface area (Å²) in [5.41, 5.74) is 0. The van der Waals surface area contributed by atoms with Crippen molar-refractivity contribution in [3.05, 3.63) is 41.6 Å². The van der Waals surface area contributed by atoms with Gasteiger partial charge in [-0.1, -0.05) is 19.3 Å². The zero-order chi connectivity index (χ0) is 18.9. The third-order valence-corrected chi connectivity index (χ3v) is 8.34. The molecule has 0 amide bonds. The van der Waals surface area contributed by atoms with Crippen molar-refractivity contribution in [2.75, 3.05) is 0 Å². The van der Waals surface area contributed by atoms with Crippen LogP contribution in [0.2, 0.25) is 0 Å². The standard InChI is InChI=1S/C16H18N2O6S2/c19-12-6-8-14(9-7-12)25(21,22)15-10-11-16(18(20)17-15)26(23,24)13-4-2-1-3-5-13/h6-11,13,19H,1-5H2. The average molecular weight is 398 g/mol. The van der Waals surface area contributed by atoms with Gasteiger partial charge in [0.2, 0.25) is 24.7 Å². The van der Waals surface area contributed by atoms with Gasteiger partial charge in [-0.25, -0.2) is 16.8 Å². The zero-order valence-corrected chi connectivity index (χ0v) is 15.4. The number of aromatic hydroxyl groups is 1. The predicted molar refractivity (Wildman–Crippen MR) is 90.8 cm³/mol. The molecule has 1 aliphatic rings. The maximum absolute atomic E-state index is 12.6. The third-order valence-electron chi connectivity index (χ3n) is 4.45. The monoisotopic (exact) mass is 398 g/mol. The molecule has 1 aliphatic carbocycles. The van der Waals surface area contributed by atoms with Gasteiger partial charge in [0.1, 0.15) is 5.75 Å². The molecule has 1 aromatic carbocycles. The Balaban J connectivity index is 1.98. The molecule has 3 rings (SSSR count). The van der Waals surface area contributed by atoms with Gasteiger partial charge in [-0.15, -0.1) is 0 Å². The summed E-state index contributed by atoms with van der Waals surface area (Å²) in [5, 5.41) is 23.1. The van der Waals surface area contributed by atoms with Gasteiger partial charge in [-0.05, 0) is 48.0 Å². The average Bonchev–Trinajstić information content (AvgIpc) is 2.62. The number of hydrogen-bond donors (Lipinski definition) is 1. The van der Waals surface area contributed by atoms with E-state index in [1.54, 1.807) is 0 Å². The molecule has 0 atom stereocenters. The Hall–Kier alpha value is -2.20. The highest BCUT2D eigenvalue weighted by Gasteiger charge is 2.36. The smallest absolute Gasteiger partial charge is 0.335 e. The molecule has 1 heterocycles. The molecule has 140 valence electrons. The largest absolute Gasteiger partial charge is 0.593 e. The number of aromatic nitrogens is 2. The fourth-order valence-electron chi connectivity index (χ4n) is 3.02. The maximum Gasteiger partial charge on any atom is 0.335 e. The highest BCUT2D eigenvalue weighted by atomic mass is 32.2. The quantitative estimate of drug-likeness (QED) is 0.608. The molecule has 1 saturated carbocycles. The van der Waals surface area contributed by atoms with Crippen molar-refractivity contribution in [2.24, 2.45) is 0 Å². The van der Waals surface area contributed by atoms with Gasteiger partial charge in [0.15, 0.2) is 0 Å². The minimum atomic E-state index is -4.10. The van der Waals surface area contributed by atoms with Gasteiger partial charge in [0.25, 0.3) is 0 Å². The van der Waals surface area contributed by atoms with E-state index in [2.05, 4.69) is 5.10 Å². The van der Waals surface area contributed by atoms with Crippen LogP contribution in [0.3, 0.4) is 0 Å². The molecule has 10 heteroatoms. The van der Waals surface area contributed by atoms with Crippen LogP contribution in [-0.4, -0.2) is 32.3 Å². The fourth-order valence-corrected chi connectivity index (χ4v) is 5.99. The van der Waals surface area contributed by atoms with Crippen molar-refractivity contribution in [3.8, 4) is 5.75 Å². The van der Waals surface area contributed by atoms with E-state index in [4.69, 9.17) is 0 Å². The van der Waals surface area contributed by atoms with E-state index in [1.807, 2.05) is 0 Å². The van der Waals surface area contributed by atoms with Gasteiger partial charge in [-0.3, -0.25) is 0 Å². The molecule has 0 radical (unpaired) electrons. The minimum absolute atomic E-state index is 0.107. The van der Waals surface area contributed by atoms with Gasteiger partial charge in [-0.2, -0.15) is 0 Å². The SMILES string of the molecule is O=S(=O)(c1ccc(O)cc1)c1ccc(S(=O)(=O)C2CCCCC2)[n+]([O-])n1. The van der Waals surface area contributed by atoms with Crippen LogP contribution < -0.4 is 4.85 Å². The van der Waals surface area contributed by atoms with Gasteiger partial charge in [0.05, 0.1) is 10.1 Å². The van der Waals surface area contributed by atoms with E-state index in [0.717, 1.165) is 31.4 Å². The van der Waals surface area contributed by atoms with Crippen LogP contribution in [0.4, 0.5) is 0 Å². The summed E-state index contributed by atoms with van der Waals surface area (Å²) in [6, 6.07) is 6.76. The Morgan fingerprint density at radius 2 is 1.58 bits per heavy atom. The van der Waals surface area contributed by atoms with Crippen LogP contribution >= 0.6 is 0 Å². The summed E-state index contributed by atoms with van der Waals surface area (Å²) in [5.74, 6) is -0.107. The lowest BCUT2D eigenvalue weighted by Gasteiger charge is -2.20. The predicted octanol–water partition coefficient (Wildman–Crippen LogP) is 1.36. The van der Waals surface area contributed by atoms with Gasteiger partial charge >= 0.3 is 5.03 Å². The first kappa shape index (κ1) is 18.6. The molecular formula is C16H18N2O6S2. The Labute approximate surface area is 151 Å². The lowest BCUT2D eigenvalue weighted by molar-refractivity contribution is -0.711. The van der Waals surface area contributed by atoms with Crippen LogP contribution in [0, 0.1) is 5.21 Å². The van der Waals surface area contributed by atoms with Gasteiger partial charge < -0.3 is 10.3 Å². The van der Waals surface area contributed by atoms with Gasteiger partial charge in [0, 0.05) is 11.2 Å². The molecule has 1 aromatic heterocycles. The number of benzene rings is 1. The molecule has 0 saturated heterocycles. The van der Waals surface area contributed by atoms with Crippen molar-refractivity contribution in [1.29, 1.82) is 0 Å². The number of hydrogen-bond acceptors (Lipinski definition) is 7. The van der Waals surface area contributed by atoms with Crippen molar-refractivity contribution in [3.63, 3.8) is 0 Å². The summed E-state index contributed by atoms with van der Waals surface area (Å²) >= 11 is 0. The second-order valence-electron chi connectivity index (χ2n) is 6.19. The lowest BCUT2D eigenvalue weighted by atomic mass is 10.0. The van der Waals surface area contributed by atoms with Crippen LogP contribution in [0.5, 0.6) is 5.75 Å². The molecule has 0 aliphatic heterocycles. The summed E-state index contributed by atoms with van der Waals surface area (Å²) in [7, 11) is -7.97. The van der Waals surface area contributed by atoms with Crippen LogP contribution in [-0.2, 0) is 19.7 Å². The maximum atomic E-state index is 12.6. The summed E-state index contributed by atoms with van der Waals surface area (Å²) in [6.45, 7) is 0. The summed E-state index contributed by atoms with van der Waals surface area (Å²) < 4.78 is 50.3.